The fraction of sp³-hybridized carbons (Fsp3) is 0.294. The smallest absolute Gasteiger partial charge is 0.175 e. The molecule has 0 fully saturated rings. The molecule has 0 aliphatic carbocycles. The highest BCUT2D eigenvalue weighted by Crippen LogP contribution is 2.40. The first kappa shape index (κ1) is 14.4. The van der Waals surface area contributed by atoms with E-state index >= 15 is 0 Å². The summed E-state index contributed by atoms with van der Waals surface area (Å²) in [6.45, 7) is 3.14. The first-order chi connectivity index (χ1) is 10.1. The van der Waals surface area contributed by atoms with E-state index in [-0.39, 0.29) is 0 Å². The van der Waals surface area contributed by atoms with Gasteiger partial charge in [0.2, 0.25) is 0 Å². The van der Waals surface area contributed by atoms with E-state index < -0.39 is 6.10 Å². The topological polar surface area (TPSA) is 38.7 Å². The van der Waals surface area contributed by atoms with Crippen molar-refractivity contribution < 1.29 is 14.6 Å². The van der Waals surface area contributed by atoms with Gasteiger partial charge in [0.25, 0.3) is 0 Å². The highest BCUT2D eigenvalue weighted by Gasteiger charge is 2.19. The Bertz CT molecular complexity index is 637. The number of halogens is 1. The van der Waals surface area contributed by atoms with Gasteiger partial charge in [0.15, 0.2) is 11.5 Å². The maximum Gasteiger partial charge on any atom is 0.175 e. The van der Waals surface area contributed by atoms with Gasteiger partial charge < -0.3 is 14.6 Å². The van der Waals surface area contributed by atoms with Crippen LogP contribution >= 0.6 is 15.9 Å². The largest absolute Gasteiger partial charge is 0.486 e. The lowest BCUT2D eigenvalue weighted by Gasteiger charge is -2.21. The van der Waals surface area contributed by atoms with E-state index in [0.717, 1.165) is 15.6 Å². The highest BCUT2D eigenvalue weighted by molar-refractivity contribution is 9.10. The average molecular weight is 349 g/mol. The van der Waals surface area contributed by atoms with E-state index in [0.29, 0.717) is 31.1 Å². The van der Waals surface area contributed by atoms with Crippen LogP contribution in [0.3, 0.4) is 0 Å². The first-order valence-electron chi connectivity index (χ1n) is 6.96. The third-order valence-corrected chi connectivity index (χ3v) is 4.14. The molecule has 1 heterocycles. The van der Waals surface area contributed by atoms with Crippen LogP contribution < -0.4 is 9.47 Å². The van der Waals surface area contributed by atoms with E-state index in [9.17, 15) is 5.11 Å². The number of aryl methyl sites for hydroxylation is 1. The molecule has 2 aromatic rings. The van der Waals surface area contributed by atoms with Gasteiger partial charge in [-0.3, -0.25) is 0 Å². The predicted octanol–water partition coefficient (Wildman–Crippen LogP) is 3.80. The monoisotopic (exact) mass is 348 g/mol. The minimum atomic E-state index is -0.570. The van der Waals surface area contributed by atoms with Crippen LogP contribution in [0, 0.1) is 6.92 Å². The number of ether oxygens (including phenoxy) is 2. The zero-order valence-corrected chi connectivity index (χ0v) is 13.4. The zero-order chi connectivity index (χ0) is 14.8. The van der Waals surface area contributed by atoms with E-state index in [1.54, 1.807) is 0 Å². The lowest BCUT2D eigenvalue weighted by molar-refractivity contribution is 0.163. The van der Waals surface area contributed by atoms with E-state index in [2.05, 4.69) is 35.0 Å². The summed E-state index contributed by atoms with van der Waals surface area (Å²) in [6.07, 6.45) is 0.00616. The SMILES string of the molecule is Cc1ccc(CC(O)c2cc(Br)c3c(c2)OCCO3)cc1. The van der Waals surface area contributed by atoms with Gasteiger partial charge in [-0.05, 0) is 46.1 Å². The van der Waals surface area contributed by atoms with Crippen molar-refractivity contribution in [3.8, 4) is 11.5 Å². The zero-order valence-electron chi connectivity index (χ0n) is 11.8. The van der Waals surface area contributed by atoms with Crippen molar-refractivity contribution in [2.24, 2.45) is 0 Å². The van der Waals surface area contributed by atoms with Crippen molar-refractivity contribution in [2.75, 3.05) is 13.2 Å². The highest BCUT2D eigenvalue weighted by atomic mass is 79.9. The molecule has 3 nitrogen and oxygen atoms in total. The number of aliphatic hydroxyl groups is 1. The van der Waals surface area contributed by atoms with E-state index in [1.807, 2.05) is 24.3 Å². The van der Waals surface area contributed by atoms with Gasteiger partial charge in [-0.2, -0.15) is 0 Å². The Morgan fingerprint density at radius 2 is 1.86 bits per heavy atom. The minimum absolute atomic E-state index is 0.539. The molecule has 1 atom stereocenters. The molecule has 110 valence electrons. The second-order valence-corrected chi connectivity index (χ2v) is 6.09. The molecule has 0 radical (unpaired) electrons. The molecule has 0 aromatic heterocycles. The normalized spacial score (nSPS) is 14.8. The summed E-state index contributed by atoms with van der Waals surface area (Å²) in [5, 5.41) is 10.5. The molecular weight excluding hydrogens is 332 g/mol. The van der Waals surface area contributed by atoms with Gasteiger partial charge in [0.05, 0.1) is 10.6 Å². The summed E-state index contributed by atoms with van der Waals surface area (Å²) in [5.74, 6) is 1.40. The predicted molar refractivity (Wildman–Crippen MR) is 85.0 cm³/mol. The molecule has 0 bridgehead atoms. The van der Waals surface area contributed by atoms with Crippen LogP contribution in [-0.2, 0) is 6.42 Å². The Balaban J connectivity index is 1.82. The number of hydrogen-bond acceptors (Lipinski definition) is 3. The summed E-state index contributed by atoms with van der Waals surface area (Å²) < 4.78 is 12.0. The first-order valence-corrected chi connectivity index (χ1v) is 7.75. The fourth-order valence-electron chi connectivity index (χ4n) is 2.39. The summed E-state index contributed by atoms with van der Waals surface area (Å²) in [5.41, 5.74) is 3.15. The molecule has 1 aliphatic rings. The molecule has 4 heteroatoms. The lowest BCUT2D eigenvalue weighted by Crippen LogP contribution is -2.16. The van der Waals surface area contributed by atoms with Crippen LogP contribution in [0.5, 0.6) is 11.5 Å². The van der Waals surface area contributed by atoms with Crippen LogP contribution in [0.25, 0.3) is 0 Å². The maximum absolute atomic E-state index is 10.5. The van der Waals surface area contributed by atoms with Crippen molar-refractivity contribution in [3.63, 3.8) is 0 Å². The molecule has 21 heavy (non-hydrogen) atoms. The van der Waals surface area contributed by atoms with E-state index in [1.165, 1.54) is 5.56 Å². The number of benzene rings is 2. The van der Waals surface area contributed by atoms with Crippen LogP contribution in [0.1, 0.15) is 22.8 Å². The molecule has 0 amide bonds. The van der Waals surface area contributed by atoms with Crippen LogP contribution in [0.15, 0.2) is 40.9 Å². The van der Waals surface area contributed by atoms with Gasteiger partial charge in [0.1, 0.15) is 13.2 Å². The van der Waals surface area contributed by atoms with Gasteiger partial charge in [-0.25, -0.2) is 0 Å². The number of fused-ring (bicyclic) bond motifs is 1. The fourth-order valence-corrected chi connectivity index (χ4v) is 2.96. The third-order valence-electron chi connectivity index (χ3n) is 3.55. The van der Waals surface area contributed by atoms with Crippen molar-refractivity contribution in [3.05, 3.63) is 57.6 Å². The second kappa shape index (κ2) is 6.08. The number of aliphatic hydroxyl groups excluding tert-OH is 1. The van der Waals surface area contributed by atoms with Crippen molar-refractivity contribution >= 4 is 15.9 Å². The van der Waals surface area contributed by atoms with Crippen molar-refractivity contribution in [1.82, 2.24) is 0 Å². The quantitative estimate of drug-likeness (QED) is 0.916. The van der Waals surface area contributed by atoms with Crippen LogP contribution in [-0.4, -0.2) is 18.3 Å². The molecular formula is C17H17BrO3. The van der Waals surface area contributed by atoms with Crippen molar-refractivity contribution in [1.29, 1.82) is 0 Å². The minimum Gasteiger partial charge on any atom is -0.486 e. The van der Waals surface area contributed by atoms with Gasteiger partial charge in [0, 0.05) is 6.42 Å². The summed E-state index contributed by atoms with van der Waals surface area (Å²) in [6, 6.07) is 12.0. The lowest BCUT2D eigenvalue weighted by atomic mass is 10.0. The Morgan fingerprint density at radius 1 is 1.14 bits per heavy atom. The molecule has 2 aromatic carbocycles. The third kappa shape index (κ3) is 3.22. The van der Waals surface area contributed by atoms with E-state index in [4.69, 9.17) is 9.47 Å². The summed E-state index contributed by atoms with van der Waals surface area (Å²) in [7, 11) is 0. The molecule has 0 saturated carbocycles. The summed E-state index contributed by atoms with van der Waals surface area (Å²) in [4.78, 5) is 0. The Labute approximate surface area is 132 Å². The molecule has 0 saturated heterocycles. The standard InChI is InChI=1S/C17H17BrO3/c1-11-2-4-12(5-3-11)8-15(19)13-9-14(18)17-16(10-13)20-6-7-21-17/h2-5,9-10,15,19H,6-8H2,1H3. The second-order valence-electron chi connectivity index (χ2n) is 5.23. The van der Waals surface area contributed by atoms with Gasteiger partial charge in [-0.1, -0.05) is 29.8 Å². The summed E-state index contributed by atoms with van der Waals surface area (Å²) >= 11 is 3.48. The Hall–Kier alpha value is -1.52. The van der Waals surface area contributed by atoms with Crippen LogP contribution in [0.4, 0.5) is 0 Å². The number of hydrogen-bond donors (Lipinski definition) is 1. The van der Waals surface area contributed by atoms with Gasteiger partial charge in [-0.15, -0.1) is 0 Å². The van der Waals surface area contributed by atoms with Gasteiger partial charge >= 0.3 is 0 Å². The Morgan fingerprint density at radius 3 is 2.62 bits per heavy atom. The van der Waals surface area contributed by atoms with Crippen LogP contribution in [0.2, 0.25) is 0 Å². The number of rotatable bonds is 3. The molecule has 0 spiro atoms. The molecule has 1 N–H and O–H groups in total. The average Bonchev–Trinajstić information content (AvgIpc) is 2.49. The molecule has 1 unspecified atom stereocenters. The maximum atomic E-state index is 10.5. The molecule has 3 rings (SSSR count). The Kier molecular flexibility index (Phi) is 4.17. The van der Waals surface area contributed by atoms with Crippen molar-refractivity contribution in [2.45, 2.75) is 19.4 Å². The molecule has 1 aliphatic heterocycles.